The second kappa shape index (κ2) is 18.8. The number of nitrogens with zero attached hydrogens (tertiary/aromatic N) is 2. The van der Waals surface area contributed by atoms with E-state index in [-0.39, 0.29) is 0 Å². The summed E-state index contributed by atoms with van der Waals surface area (Å²) in [6.07, 6.45) is 0. The lowest BCUT2D eigenvalue weighted by Crippen LogP contribution is -2.33. The summed E-state index contributed by atoms with van der Waals surface area (Å²) in [4.78, 5) is 4.77. The second-order valence-electron chi connectivity index (χ2n) is 21.1. The first-order chi connectivity index (χ1) is 40.2. The van der Waals surface area contributed by atoms with E-state index in [0.29, 0.717) is 0 Å². The summed E-state index contributed by atoms with van der Waals surface area (Å²) < 4.78 is 14.4. The molecule has 0 amide bonds. The molecule has 0 radical (unpaired) electrons. The minimum atomic E-state index is -0.785. The number of hydrogen-bond acceptors (Lipinski definition) is 4. The van der Waals surface area contributed by atoms with Crippen molar-refractivity contribution in [3.63, 3.8) is 0 Å². The van der Waals surface area contributed by atoms with Gasteiger partial charge in [-0.15, -0.1) is 0 Å². The van der Waals surface area contributed by atoms with Crippen LogP contribution in [0.3, 0.4) is 0 Å². The van der Waals surface area contributed by atoms with E-state index in [1.165, 1.54) is 38.8 Å². The SMILES string of the molecule is c1ccc(-c2ccc(-c3cc(N(c4ccc5c(c4)C4(c6ccccc6-c6ccccc64)c4cccc(N(c6ccccc6)c6ccc(-c7ccccc7)cc6)c4O5)c4ccc5ccccc5c4)cc4c3oc3ccccc34)cc2)cc1. The molecule has 0 fully saturated rings. The third-order valence-corrected chi connectivity index (χ3v) is 16.7. The summed E-state index contributed by atoms with van der Waals surface area (Å²) >= 11 is 0. The van der Waals surface area contributed by atoms with Gasteiger partial charge in [-0.3, -0.25) is 0 Å². The fourth-order valence-electron chi connectivity index (χ4n) is 13.0. The monoisotopic (exact) mass is 1030 g/mol. The molecular formula is C77H50N2O2. The van der Waals surface area contributed by atoms with Crippen LogP contribution in [-0.4, -0.2) is 0 Å². The Morgan fingerprint density at radius 2 is 0.815 bits per heavy atom. The zero-order valence-corrected chi connectivity index (χ0v) is 44.1. The first-order valence-corrected chi connectivity index (χ1v) is 27.7. The topological polar surface area (TPSA) is 28.9 Å². The van der Waals surface area contributed by atoms with Crippen LogP contribution in [-0.2, 0) is 5.41 Å². The molecule has 13 aromatic carbocycles. The smallest absolute Gasteiger partial charge is 0.156 e. The maximum atomic E-state index is 7.59. The molecule has 2 aliphatic rings. The van der Waals surface area contributed by atoms with Crippen LogP contribution in [0.4, 0.5) is 34.1 Å². The third kappa shape index (κ3) is 7.45. The van der Waals surface area contributed by atoms with Crippen molar-refractivity contribution in [2.75, 3.05) is 9.80 Å². The zero-order chi connectivity index (χ0) is 53.4. The third-order valence-electron chi connectivity index (χ3n) is 16.7. The molecule has 14 aromatic rings. The van der Waals surface area contributed by atoms with Gasteiger partial charge in [-0.2, -0.15) is 0 Å². The van der Waals surface area contributed by atoms with Crippen LogP contribution >= 0.6 is 0 Å². The normalized spacial score (nSPS) is 12.6. The number of benzene rings is 13. The zero-order valence-electron chi connectivity index (χ0n) is 44.1. The number of anilines is 6. The molecule has 0 unspecified atom stereocenters. The lowest BCUT2D eigenvalue weighted by atomic mass is 9.66. The number of ether oxygens (including phenoxy) is 1. The minimum absolute atomic E-state index is 0.785. The Kier molecular flexibility index (Phi) is 10.8. The molecule has 0 N–H and O–H groups in total. The molecular weight excluding hydrogens is 985 g/mol. The average Bonchev–Trinajstić information content (AvgIpc) is 2.85. The van der Waals surface area contributed by atoms with Crippen LogP contribution in [0.1, 0.15) is 22.3 Å². The van der Waals surface area contributed by atoms with Gasteiger partial charge in [-0.1, -0.05) is 224 Å². The maximum Gasteiger partial charge on any atom is 0.156 e. The Labute approximate surface area is 470 Å². The van der Waals surface area contributed by atoms with E-state index in [4.69, 9.17) is 9.15 Å². The summed E-state index contributed by atoms with van der Waals surface area (Å²) in [6.45, 7) is 0. The van der Waals surface area contributed by atoms with Crippen molar-refractivity contribution >= 4 is 66.8 Å². The van der Waals surface area contributed by atoms with Gasteiger partial charge in [0.05, 0.1) is 11.1 Å². The van der Waals surface area contributed by atoms with E-state index in [2.05, 4.69) is 313 Å². The van der Waals surface area contributed by atoms with E-state index < -0.39 is 5.41 Å². The van der Waals surface area contributed by atoms with E-state index in [1.54, 1.807) is 0 Å². The van der Waals surface area contributed by atoms with Gasteiger partial charge in [-0.05, 0) is 140 Å². The van der Waals surface area contributed by atoms with Gasteiger partial charge >= 0.3 is 0 Å². The predicted molar refractivity (Wildman–Crippen MR) is 334 cm³/mol. The van der Waals surface area contributed by atoms with Crippen LogP contribution < -0.4 is 14.5 Å². The standard InChI is InChI=1S/C77H50N2O2/c1-4-19-51(20-5-1)54-35-37-56(38-36-54)66-48-62(49-67-65-29-14-17-34-73(65)80-75(66)67)78(60-44-41-53-23-10-11-24-57(53)47-60)61-45-46-74-71(50-61)77(68-30-15-12-27-63(68)64-28-13-16-31-69(64)77)70-32-18-33-72(76(70)81-74)79(58-25-8-3-9-26-58)59-42-39-55(40-43-59)52-21-6-2-7-22-52/h1-50H. The fraction of sp³-hybridized carbons (Fsp3) is 0.0130. The van der Waals surface area contributed by atoms with Gasteiger partial charge in [0.25, 0.3) is 0 Å². The van der Waals surface area contributed by atoms with Gasteiger partial charge in [0.1, 0.15) is 16.9 Å². The number of hydrogen-bond donors (Lipinski definition) is 0. The van der Waals surface area contributed by atoms with E-state index in [0.717, 1.165) is 106 Å². The minimum Gasteiger partial charge on any atom is -0.455 e. The molecule has 0 saturated carbocycles. The number of para-hydroxylation sites is 3. The molecule has 4 nitrogen and oxygen atoms in total. The summed E-state index contributed by atoms with van der Waals surface area (Å²) in [5, 5.41) is 4.45. The van der Waals surface area contributed by atoms with Crippen molar-refractivity contribution in [3.05, 3.63) is 326 Å². The summed E-state index contributed by atoms with van der Waals surface area (Å²) in [6, 6.07) is 110. The van der Waals surface area contributed by atoms with Crippen molar-refractivity contribution in [1.29, 1.82) is 0 Å². The lowest BCUT2D eigenvalue weighted by Gasteiger charge is -2.41. The molecule has 380 valence electrons. The Bertz CT molecular complexity index is 4680. The first kappa shape index (κ1) is 46.4. The van der Waals surface area contributed by atoms with Crippen LogP contribution in [0, 0.1) is 0 Å². The molecule has 1 aliphatic heterocycles. The van der Waals surface area contributed by atoms with E-state index >= 15 is 0 Å². The molecule has 0 saturated heterocycles. The van der Waals surface area contributed by atoms with Crippen molar-refractivity contribution in [2.45, 2.75) is 5.41 Å². The van der Waals surface area contributed by atoms with E-state index in [9.17, 15) is 0 Å². The molecule has 4 heteroatoms. The van der Waals surface area contributed by atoms with Gasteiger partial charge in [0, 0.05) is 55.9 Å². The van der Waals surface area contributed by atoms with Crippen molar-refractivity contribution in [1.82, 2.24) is 0 Å². The Balaban J connectivity index is 0.934. The molecule has 16 rings (SSSR count). The molecule has 0 bridgehead atoms. The first-order valence-electron chi connectivity index (χ1n) is 27.7. The number of fused-ring (bicyclic) bond motifs is 13. The highest BCUT2D eigenvalue weighted by Crippen LogP contribution is 2.64. The molecule has 1 aromatic heterocycles. The molecule has 1 spiro atoms. The summed E-state index contributed by atoms with van der Waals surface area (Å²) in [5.74, 6) is 1.61. The number of furan rings is 1. The predicted octanol–water partition coefficient (Wildman–Crippen LogP) is 21.1. The van der Waals surface area contributed by atoms with Crippen molar-refractivity contribution in [2.24, 2.45) is 0 Å². The maximum absolute atomic E-state index is 7.59. The highest BCUT2D eigenvalue weighted by atomic mass is 16.5. The van der Waals surface area contributed by atoms with Crippen LogP contribution in [0.2, 0.25) is 0 Å². The molecule has 0 atom stereocenters. The van der Waals surface area contributed by atoms with Crippen LogP contribution in [0.5, 0.6) is 11.5 Å². The highest BCUT2D eigenvalue weighted by molar-refractivity contribution is 6.12. The Hall–Kier alpha value is -10.7. The molecule has 2 heterocycles. The fourth-order valence-corrected chi connectivity index (χ4v) is 13.0. The largest absolute Gasteiger partial charge is 0.455 e. The molecule has 81 heavy (non-hydrogen) atoms. The Morgan fingerprint density at radius 3 is 1.53 bits per heavy atom. The van der Waals surface area contributed by atoms with Gasteiger partial charge < -0.3 is 19.0 Å². The Morgan fingerprint density at radius 1 is 0.284 bits per heavy atom. The highest BCUT2D eigenvalue weighted by Gasteiger charge is 2.52. The second-order valence-corrected chi connectivity index (χ2v) is 21.1. The number of rotatable bonds is 9. The van der Waals surface area contributed by atoms with Crippen molar-refractivity contribution < 1.29 is 9.15 Å². The average molecular weight is 1040 g/mol. The lowest BCUT2D eigenvalue weighted by molar-refractivity contribution is 0.437. The van der Waals surface area contributed by atoms with E-state index in [1.807, 2.05) is 0 Å². The van der Waals surface area contributed by atoms with Gasteiger partial charge in [-0.25, -0.2) is 0 Å². The van der Waals surface area contributed by atoms with Crippen LogP contribution in [0.15, 0.2) is 308 Å². The van der Waals surface area contributed by atoms with Gasteiger partial charge in [0.15, 0.2) is 5.75 Å². The van der Waals surface area contributed by atoms with Gasteiger partial charge in [0.2, 0.25) is 0 Å². The summed E-state index contributed by atoms with van der Waals surface area (Å²) in [5.41, 5.74) is 20.7. The van der Waals surface area contributed by atoms with Crippen LogP contribution in [0.25, 0.3) is 77.2 Å². The molecule has 1 aliphatic carbocycles. The quantitative estimate of drug-likeness (QED) is 0.144. The summed E-state index contributed by atoms with van der Waals surface area (Å²) in [7, 11) is 0. The van der Waals surface area contributed by atoms with Crippen molar-refractivity contribution in [3.8, 4) is 56.0 Å².